The fourth-order valence-corrected chi connectivity index (χ4v) is 1.42. The van der Waals surface area contributed by atoms with Gasteiger partial charge in [0.25, 0.3) is 0 Å². The first kappa shape index (κ1) is 7.95. The molecular weight excluding hydrogens is 133 g/mol. The number of hydrogen-bond donors (Lipinski definition) is 2. The molecule has 0 amide bonds. The van der Waals surface area contributed by atoms with Crippen molar-refractivity contribution in [2.75, 3.05) is 26.4 Å². The van der Waals surface area contributed by atoms with E-state index in [0.717, 1.165) is 19.5 Å². The maximum absolute atomic E-state index is 11.9. The first-order chi connectivity index (χ1) is 4.83. The summed E-state index contributed by atoms with van der Waals surface area (Å²) in [6.07, 6.45) is 1.41. The molecule has 1 atom stereocenters. The topological polar surface area (TPSA) is 32.3 Å². The number of nitrogens with one attached hydrogen (secondary N) is 1. The van der Waals surface area contributed by atoms with E-state index in [2.05, 4.69) is 5.32 Å². The molecule has 1 aliphatic heterocycles. The van der Waals surface area contributed by atoms with Gasteiger partial charge in [0, 0.05) is 12.0 Å². The highest BCUT2D eigenvalue weighted by molar-refractivity contribution is 4.86. The normalized spacial score (nSPS) is 33.0. The number of hydrogen-bond acceptors (Lipinski definition) is 2. The van der Waals surface area contributed by atoms with Crippen molar-refractivity contribution in [1.82, 2.24) is 5.32 Å². The molecule has 0 aromatic carbocycles. The Morgan fingerprint density at radius 2 is 2.40 bits per heavy atom. The van der Waals surface area contributed by atoms with Crippen molar-refractivity contribution in [3.63, 3.8) is 0 Å². The molecule has 1 unspecified atom stereocenters. The van der Waals surface area contributed by atoms with Crippen LogP contribution in [0, 0.1) is 5.41 Å². The van der Waals surface area contributed by atoms with Gasteiger partial charge in [0.2, 0.25) is 0 Å². The molecule has 3 heteroatoms. The van der Waals surface area contributed by atoms with Crippen LogP contribution in [0.1, 0.15) is 12.8 Å². The minimum absolute atomic E-state index is 0.115. The summed E-state index contributed by atoms with van der Waals surface area (Å²) in [6, 6.07) is 0. The maximum atomic E-state index is 11.9. The molecule has 1 heterocycles. The average Bonchev–Trinajstić information content (AvgIpc) is 2.39. The van der Waals surface area contributed by atoms with Crippen LogP contribution < -0.4 is 5.32 Å². The first-order valence-electron chi connectivity index (χ1n) is 3.70. The fraction of sp³-hybridized carbons (Fsp3) is 1.00. The van der Waals surface area contributed by atoms with E-state index in [9.17, 15) is 4.39 Å². The Morgan fingerprint density at radius 1 is 1.60 bits per heavy atom. The summed E-state index contributed by atoms with van der Waals surface area (Å²) < 4.78 is 11.9. The molecule has 10 heavy (non-hydrogen) atoms. The first-order valence-corrected chi connectivity index (χ1v) is 3.70. The zero-order chi connectivity index (χ0) is 7.45. The molecule has 2 N–H and O–H groups in total. The van der Waals surface area contributed by atoms with Gasteiger partial charge in [0.15, 0.2) is 0 Å². The van der Waals surface area contributed by atoms with Crippen molar-refractivity contribution in [1.29, 1.82) is 0 Å². The van der Waals surface area contributed by atoms with Gasteiger partial charge < -0.3 is 10.4 Å². The van der Waals surface area contributed by atoms with Crippen LogP contribution in [0.2, 0.25) is 0 Å². The van der Waals surface area contributed by atoms with Crippen LogP contribution >= 0.6 is 0 Å². The van der Waals surface area contributed by atoms with Crippen LogP contribution in [-0.4, -0.2) is 31.5 Å². The van der Waals surface area contributed by atoms with Crippen LogP contribution in [0.4, 0.5) is 4.39 Å². The molecule has 0 bridgehead atoms. The zero-order valence-corrected chi connectivity index (χ0v) is 6.07. The predicted molar refractivity (Wildman–Crippen MR) is 37.6 cm³/mol. The summed E-state index contributed by atoms with van der Waals surface area (Å²) in [7, 11) is 0. The Kier molecular flexibility index (Phi) is 2.63. The van der Waals surface area contributed by atoms with Gasteiger partial charge in [0.1, 0.15) is 0 Å². The van der Waals surface area contributed by atoms with Gasteiger partial charge in [-0.15, -0.1) is 0 Å². The second kappa shape index (κ2) is 3.30. The molecule has 1 fully saturated rings. The van der Waals surface area contributed by atoms with Crippen LogP contribution in [0.15, 0.2) is 0 Å². The molecule has 0 spiro atoms. The van der Waals surface area contributed by atoms with E-state index in [1.54, 1.807) is 0 Å². The number of alkyl halides is 1. The van der Waals surface area contributed by atoms with Crippen molar-refractivity contribution in [2.24, 2.45) is 5.41 Å². The van der Waals surface area contributed by atoms with Crippen LogP contribution in [0.25, 0.3) is 0 Å². The van der Waals surface area contributed by atoms with E-state index in [4.69, 9.17) is 5.11 Å². The molecule has 0 aromatic rings. The van der Waals surface area contributed by atoms with E-state index in [1.807, 2.05) is 0 Å². The van der Waals surface area contributed by atoms with Crippen molar-refractivity contribution < 1.29 is 9.50 Å². The van der Waals surface area contributed by atoms with Gasteiger partial charge >= 0.3 is 0 Å². The lowest BCUT2D eigenvalue weighted by Crippen LogP contribution is -2.28. The summed E-state index contributed by atoms with van der Waals surface area (Å²) >= 11 is 0. The lowest BCUT2D eigenvalue weighted by molar-refractivity contribution is 0.124. The monoisotopic (exact) mass is 147 g/mol. The highest BCUT2D eigenvalue weighted by Gasteiger charge is 2.32. The maximum Gasteiger partial charge on any atom is 0.0901 e. The average molecular weight is 147 g/mol. The van der Waals surface area contributed by atoms with Crippen molar-refractivity contribution in [2.45, 2.75) is 12.8 Å². The number of aliphatic hydroxyl groups excluding tert-OH is 1. The zero-order valence-electron chi connectivity index (χ0n) is 6.07. The van der Waals surface area contributed by atoms with Crippen molar-refractivity contribution >= 4 is 0 Å². The molecule has 1 rings (SSSR count). The van der Waals surface area contributed by atoms with Gasteiger partial charge in [-0.25, -0.2) is 0 Å². The van der Waals surface area contributed by atoms with Gasteiger partial charge in [-0.1, -0.05) is 0 Å². The summed E-state index contributed by atoms with van der Waals surface area (Å²) in [5.74, 6) is 0. The summed E-state index contributed by atoms with van der Waals surface area (Å²) in [6.45, 7) is 1.49. The molecule has 1 aliphatic rings. The predicted octanol–water partition coefficient (Wildman–Crippen LogP) is 0.318. The Hall–Kier alpha value is -0.150. The third kappa shape index (κ3) is 1.47. The minimum Gasteiger partial charge on any atom is -0.396 e. The Labute approximate surface area is 60.4 Å². The van der Waals surface area contributed by atoms with Crippen LogP contribution in [0.3, 0.4) is 0 Å². The number of rotatable bonds is 3. The number of halogens is 1. The van der Waals surface area contributed by atoms with E-state index < -0.39 is 0 Å². The third-order valence-corrected chi connectivity index (χ3v) is 2.29. The van der Waals surface area contributed by atoms with E-state index in [1.165, 1.54) is 0 Å². The van der Waals surface area contributed by atoms with Gasteiger partial charge in [-0.3, -0.25) is 4.39 Å². The lowest BCUT2D eigenvalue weighted by atomic mass is 9.85. The van der Waals surface area contributed by atoms with E-state index in [0.29, 0.717) is 6.42 Å². The molecule has 0 radical (unpaired) electrons. The number of aliphatic hydroxyl groups is 1. The molecule has 2 nitrogen and oxygen atoms in total. The molecule has 0 saturated carbocycles. The van der Waals surface area contributed by atoms with Gasteiger partial charge in [-0.2, -0.15) is 0 Å². The Balaban J connectivity index is 2.41. The molecular formula is C7H14FNO. The van der Waals surface area contributed by atoms with E-state index in [-0.39, 0.29) is 18.7 Å². The van der Waals surface area contributed by atoms with Gasteiger partial charge in [-0.05, 0) is 19.4 Å². The minimum atomic E-state index is -0.317. The van der Waals surface area contributed by atoms with Crippen LogP contribution in [0.5, 0.6) is 0 Å². The molecule has 60 valence electrons. The standard InChI is InChI=1S/C7H14FNO/c8-3-1-7(6-10)2-4-9-5-7/h9-10H,1-6H2. The van der Waals surface area contributed by atoms with Crippen molar-refractivity contribution in [3.05, 3.63) is 0 Å². The largest absolute Gasteiger partial charge is 0.396 e. The summed E-state index contributed by atoms with van der Waals surface area (Å²) in [5.41, 5.74) is -0.144. The fourth-order valence-electron chi connectivity index (χ4n) is 1.42. The van der Waals surface area contributed by atoms with Crippen molar-refractivity contribution in [3.8, 4) is 0 Å². The quantitative estimate of drug-likeness (QED) is 0.602. The highest BCUT2D eigenvalue weighted by atomic mass is 19.1. The molecule has 0 aromatic heterocycles. The highest BCUT2D eigenvalue weighted by Crippen LogP contribution is 2.28. The molecule has 1 saturated heterocycles. The Bertz CT molecular complexity index is 102. The molecule has 0 aliphatic carbocycles. The summed E-state index contributed by atoms with van der Waals surface area (Å²) in [4.78, 5) is 0. The second-order valence-electron chi connectivity index (χ2n) is 3.02. The third-order valence-electron chi connectivity index (χ3n) is 2.29. The second-order valence-corrected chi connectivity index (χ2v) is 3.02. The summed E-state index contributed by atoms with van der Waals surface area (Å²) in [5, 5.41) is 12.1. The van der Waals surface area contributed by atoms with Gasteiger partial charge in [0.05, 0.1) is 13.3 Å². The van der Waals surface area contributed by atoms with Crippen LogP contribution in [-0.2, 0) is 0 Å². The SMILES string of the molecule is OCC1(CCF)CCNC1. The smallest absolute Gasteiger partial charge is 0.0901 e. The Morgan fingerprint density at radius 3 is 2.80 bits per heavy atom. The lowest BCUT2D eigenvalue weighted by Gasteiger charge is -2.23. The van der Waals surface area contributed by atoms with E-state index >= 15 is 0 Å².